The van der Waals surface area contributed by atoms with Crippen LogP contribution in [0.4, 0.5) is 0 Å². The zero-order valence-corrected chi connectivity index (χ0v) is 14.1. The topological polar surface area (TPSA) is 35.5 Å². The van der Waals surface area contributed by atoms with Crippen molar-refractivity contribution in [3.8, 4) is 5.75 Å². The Hall–Kier alpha value is -1.51. The smallest absolute Gasteiger partial charge is 0.338 e. The largest absolute Gasteiger partial charge is 0.494 e. The van der Waals surface area contributed by atoms with Crippen LogP contribution < -0.4 is 4.74 Å². The number of carbonyl (C=O) groups is 1. The third kappa shape index (κ3) is 8.06. The lowest BCUT2D eigenvalue weighted by atomic mass is 10.1. The molecule has 3 nitrogen and oxygen atoms in total. The maximum atomic E-state index is 11.5. The minimum atomic E-state index is -0.280. The highest BCUT2D eigenvalue weighted by molar-refractivity contribution is 5.89. The van der Waals surface area contributed by atoms with E-state index < -0.39 is 0 Å². The lowest BCUT2D eigenvalue weighted by molar-refractivity contribution is 0.0526. The molecular formula is C19H30O3. The van der Waals surface area contributed by atoms with Crippen LogP contribution in [-0.2, 0) is 4.74 Å². The second kappa shape index (κ2) is 12.1. The van der Waals surface area contributed by atoms with Gasteiger partial charge in [0.25, 0.3) is 0 Å². The first-order valence-corrected chi connectivity index (χ1v) is 8.68. The molecule has 0 spiro atoms. The Bertz CT molecular complexity index is 398. The number of benzene rings is 1. The van der Waals surface area contributed by atoms with E-state index in [4.69, 9.17) is 9.47 Å². The Morgan fingerprint density at radius 2 is 1.45 bits per heavy atom. The zero-order chi connectivity index (χ0) is 16.0. The van der Waals surface area contributed by atoms with Crippen LogP contribution in [0.25, 0.3) is 0 Å². The van der Waals surface area contributed by atoms with Crippen molar-refractivity contribution in [1.29, 1.82) is 0 Å². The highest BCUT2D eigenvalue weighted by Gasteiger charge is 2.05. The molecular weight excluding hydrogens is 276 g/mol. The molecule has 1 rings (SSSR count). The van der Waals surface area contributed by atoms with Crippen molar-refractivity contribution in [2.24, 2.45) is 0 Å². The van der Waals surface area contributed by atoms with Crippen LogP contribution in [0.1, 0.15) is 75.6 Å². The Labute approximate surface area is 135 Å². The molecule has 0 saturated carbocycles. The highest BCUT2D eigenvalue weighted by atomic mass is 16.5. The second-order valence-electron chi connectivity index (χ2n) is 5.57. The molecule has 0 heterocycles. The number of esters is 1. The third-order valence-corrected chi connectivity index (χ3v) is 3.63. The molecule has 0 atom stereocenters. The van der Waals surface area contributed by atoms with Gasteiger partial charge < -0.3 is 9.47 Å². The molecule has 22 heavy (non-hydrogen) atoms. The Kier molecular flexibility index (Phi) is 10.2. The average molecular weight is 306 g/mol. The maximum Gasteiger partial charge on any atom is 0.338 e. The second-order valence-corrected chi connectivity index (χ2v) is 5.57. The van der Waals surface area contributed by atoms with Gasteiger partial charge in [-0.25, -0.2) is 4.79 Å². The standard InChI is InChI=1S/C19H30O3/c1-3-5-6-7-8-9-10-11-16-22-18-14-12-17(13-15-18)19(20)21-4-2/h12-15H,3-11,16H2,1-2H3. The van der Waals surface area contributed by atoms with E-state index in [-0.39, 0.29) is 5.97 Å². The summed E-state index contributed by atoms with van der Waals surface area (Å²) < 4.78 is 10.6. The van der Waals surface area contributed by atoms with Gasteiger partial charge in [-0.1, -0.05) is 51.9 Å². The van der Waals surface area contributed by atoms with Gasteiger partial charge in [-0.05, 0) is 37.6 Å². The molecule has 0 aliphatic heterocycles. The van der Waals surface area contributed by atoms with E-state index in [0.29, 0.717) is 12.2 Å². The minimum Gasteiger partial charge on any atom is -0.494 e. The van der Waals surface area contributed by atoms with Crippen molar-refractivity contribution >= 4 is 5.97 Å². The predicted molar refractivity (Wildman–Crippen MR) is 90.5 cm³/mol. The lowest BCUT2D eigenvalue weighted by Crippen LogP contribution is -2.04. The zero-order valence-electron chi connectivity index (χ0n) is 14.1. The van der Waals surface area contributed by atoms with Crippen LogP contribution in [0.5, 0.6) is 5.75 Å². The van der Waals surface area contributed by atoms with Crippen LogP contribution in [0, 0.1) is 0 Å². The molecule has 0 aliphatic rings. The quantitative estimate of drug-likeness (QED) is 0.384. The summed E-state index contributed by atoms with van der Waals surface area (Å²) in [5.41, 5.74) is 0.571. The Morgan fingerprint density at radius 1 is 0.864 bits per heavy atom. The molecule has 0 N–H and O–H groups in total. The van der Waals surface area contributed by atoms with Gasteiger partial charge in [0.1, 0.15) is 5.75 Å². The van der Waals surface area contributed by atoms with E-state index in [0.717, 1.165) is 18.8 Å². The molecule has 0 bridgehead atoms. The summed E-state index contributed by atoms with van der Waals surface area (Å²) >= 11 is 0. The van der Waals surface area contributed by atoms with Gasteiger partial charge in [0.05, 0.1) is 18.8 Å². The summed E-state index contributed by atoms with van der Waals surface area (Å²) in [6, 6.07) is 7.16. The highest BCUT2D eigenvalue weighted by Crippen LogP contribution is 2.14. The SMILES string of the molecule is CCCCCCCCCCOc1ccc(C(=O)OCC)cc1. The molecule has 0 aromatic heterocycles. The maximum absolute atomic E-state index is 11.5. The summed E-state index contributed by atoms with van der Waals surface area (Å²) in [6.07, 6.45) is 10.4. The fourth-order valence-electron chi connectivity index (χ4n) is 2.33. The van der Waals surface area contributed by atoms with Crippen LogP contribution in [0.15, 0.2) is 24.3 Å². The number of unbranched alkanes of at least 4 members (excludes halogenated alkanes) is 7. The average Bonchev–Trinajstić information content (AvgIpc) is 2.54. The van der Waals surface area contributed by atoms with E-state index in [2.05, 4.69) is 6.92 Å². The normalized spacial score (nSPS) is 10.5. The number of carbonyl (C=O) groups excluding carboxylic acids is 1. The van der Waals surface area contributed by atoms with Crippen molar-refractivity contribution in [2.45, 2.75) is 65.2 Å². The van der Waals surface area contributed by atoms with Crippen molar-refractivity contribution in [1.82, 2.24) is 0 Å². The first-order valence-electron chi connectivity index (χ1n) is 8.68. The van der Waals surface area contributed by atoms with Crippen molar-refractivity contribution in [3.63, 3.8) is 0 Å². The molecule has 1 aromatic carbocycles. The summed E-state index contributed by atoms with van der Waals surface area (Å²) in [5, 5.41) is 0. The third-order valence-electron chi connectivity index (χ3n) is 3.63. The van der Waals surface area contributed by atoms with Gasteiger partial charge in [-0.2, -0.15) is 0 Å². The summed E-state index contributed by atoms with van der Waals surface area (Å²) in [5.74, 6) is 0.535. The van der Waals surface area contributed by atoms with Crippen molar-refractivity contribution < 1.29 is 14.3 Å². The van der Waals surface area contributed by atoms with E-state index in [1.54, 1.807) is 19.1 Å². The van der Waals surface area contributed by atoms with Crippen molar-refractivity contribution in [3.05, 3.63) is 29.8 Å². The minimum absolute atomic E-state index is 0.280. The number of hydrogen-bond acceptors (Lipinski definition) is 3. The van der Waals surface area contributed by atoms with Gasteiger partial charge in [-0.15, -0.1) is 0 Å². The van der Waals surface area contributed by atoms with Crippen LogP contribution in [0.2, 0.25) is 0 Å². The molecule has 1 aromatic rings. The number of hydrogen-bond donors (Lipinski definition) is 0. The predicted octanol–water partition coefficient (Wildman–Crippen LogP) is 5.38. The summed E-state index contributed by atoms with van der Waals surface area (Å²) in [4.78, 5) is 11.5. The molecule has 3 heteroatoms. The fourth-order valence-corrected chi connectivity index (χ4v) is 2.33. The monoisotopic (exact) mass is 306 g/mol. The van der Waals surface area contributed by atoms with Gasteiger partial charge in [0.2, 0.25) is 0 Å². The molecule has 124 valence electrons. The fraction of sp³-hybridized carbons (Fsp3) is 0.632. The molecule has 0 radical (unpaired) electrons. The van der Waals surface area contributed by atoms with Crippen LogP contribution in [0.3, 0.4) is 0 Å². The molecule has 0 amide bonds. The van der Waals surface area contributed by atoms with E-state index in [1.165, 1.54) is 44.9 Å². The number of ether oxygens (including phenoxy) is 2. The van der Waals surface area contributed by atoms with Gasteiger partial charge in [0, 0.05) is 0 Å². The van der Waals surface area contributed by atoms with Gasteiger partial charge in [-0.3, -0.25) is 0 Å². The van der Waals surface area contributed by atoms with Crippen LogP contribution in [-0.4, -0.2) is 19.2 Å². The first-order chi connectivity index (χ1) is 10.8. The first kappa shape index (κ1) is 18.5. The van der Waals surface area contributed by atoms with E-state index in [1.807, 2.05) is 12.1 Å². The molecule has 0 saturated heterocycles. The molecule has 0 fully saturated rings. The number of rotatable bonds is 12. The Balaban J connectivity index is 2.09. The van der Waals surface area contributed by atoms with Crippen LogP contribution >= 0.6 is 0 Å². The lowest BCUT2D eigenvalue weighted by Gasteiger charge is -2.07. The summed E-state index contributed by atoms with van der Waals surface area (Å²) in [7, 11) is 0. The van der Waals surface area contributed by atoms with E-state index >= 15 is 0 Å². The molecule has 0 unspecified atom stereocenters. The summed E-state index contributed by atoms with van der Waals surface area (Å²) in [6.45, 7) is 5.19. The van der Waals surface area contributed by atoms with Gasteiger partial charge in [0.15, 0.2) is 0 Å². The van der Waals surface area contributed by atoms with Crippen molar-refractivity contribution in [2.75, 3.05) is 13.2 Å². The Morgan fingerprint density at radius 3 is 2.05 bits per heavy atom. The van der Waals surface area contributed by atoms with E-state index in [9.17, 15) is 4.79 Å². The molecule has 0 aliphatic carbocycles. The van der Waals surface area contributed by atoms with Gasteiger partial charge >= 0.3 is 5.97 Å².